The van der Waals surface area contributed by atoms with Gasteiger partial charge in [0.1, 0.15) is 18.1 Å². The summed E-state index contributed by atoms with van der Waals surface area (Å²) in [6, 6.07) is 12.8. The maximum Gasteiger partial charge on any atom is 0.419 e. The first kappa shape index (κ1) is 24.4. The molecule has 0 amide bonds. The van der Waals surface area contributed by atoms with Gasteiger partial charge in [-0.2, -0.15) is 13.2 Å². The number of fused-ring (bicyclic) bond motifs is 4. The molecule has 3 heterocycles. The summed E-state index contributed by atoms with van der Waals surface area (Å²) in [5.41, 5.74) is 0.0956. The second kappa shape index (κ2) is 9.29. The molecule has 0 bridgehead atoms. The number of carbonyl (C=O) groups is 1. The van der Waals surface area contributed by atoms with Gasteiger partial charge in [-0.05, 0) is 63.6 Å². The molecule has 0 saturated carbocycles. The molecule has 1 saturated heterocycles. The number of nitrogens with zero attached hydrogens (tertiary/aromatic N) is 2. The van der Waals surface area contributed by atoms with E-state index in [9.17, 15) is 18.0 Å². The molecule has 190 valence electrons. The Morgan fingerprint density at radius 3 is 2.61 bits per heavy atom. The number of ether oxygens (including phenoxy) is 2. The van der Waals surface area contributed by atoms with Crippen molar-refractivity contribution in [1.82, 2.24) is 14.8 Å². The van der Waals surface area contributed by atoms with Gasteiger partial charge in [-0.1, -0.05) is 12.1 Å². The fourth-order valence-corrected chi connectivity index (χ4v) is 4.96. The van der Waals surface area contributed by atoms with Crippen LogP contribution in [0.25, 0.3) is 5.69 Å². The van der Waals surface area contributed by atoms with Crippen LogP contribution < -0.4 is 14.8 Å². The van der Waals surface area contributed by atoms with Crippen LogP contribution in [0.1, 0.15) is 40.0 Å². The van der Waals surface area contributed by atoms with E-state index in [2.05, 4.69) is 5.32 Å². The summed E-state index contributed by atoms with van der Waals surface area (Å²) in [6.07, 6.45) is -1.59. The maximum atomic E-state index is 13.9. The van der Waals surface area contributed by atoms with Crippen LogP contribution in [0.5, 0.6) is 11.5 Å². The minimum Gasteiger partial charge on any atom is -0.492 e. The number of rotatable bonds is 6. The molecule has 2 aromatic carbocycles. The van der Waals surface area contributed by atoms with Gasteiger partial charge in [-0.15, -0.1) is 0 Å². The van der Waals surface area contributed by atoms with Gasteiger partial charge in [-0.3, -0.25) is 4.79 Å². The van der Waals surface area contributed by atoms with Crippen molar-refractivity contribution in [1.29, 1.82) is 0 Å². The van der Waals surface area contributed by atoms with Crippen molar-refractivity contribution in [2.45, 2.75) is 24.6 Å². The van der Waals surface area contributed by atoms with Crippen LogP contribution in [-0.4, -0.2) is 55.6 Å². The summed E-state index contributed by atoms with van der Waals surface area (Å²) in [5, 5.41) is 3.32. The van der Waals surface area contributed by atoms with Crippen LogP contribution in [0.4, 0.5) is 13.2 Å². The largest absolute Gasteiger partial charge is 0.492 e. The Balaban J connectivity index is 1.56. The molecule has 1 spiro atoms. The Morgan fingerprint density at radius 2 is 1.89 bits per heavy atom. The zero-order valence-corrected chi connectivity index (χ0v) is 20.2. The van der Waals surface area contributed by atoms with Gasteiger partial charge < -0.3 is 24.3 Å². The number of hydrogen-bond donors (Lipinski definition) is 1. The quantitative estimate of drug-likeness (QED) is 0.501. The third-order valence-electron chi connectivity index (χ3n) is 6.75. The van der Waals surface area contributed by atoms with E-state index in [0.29, 0.717) is 43.7 Å². The van der Waals surface area contributed by atoms with Crippen molar-refractivity contribution in [2.75, 3.05) is 40.3 Å². The van der Waals surface area contributed by atoms with E-state index in [1.165, 1.54) is 12.1 Å². The summed E-state index contributed by atoms with van der Waals surface area (Å²) in [7, 11) is 3.62. The smallest absolute Gasteiger partial charge is 0.419 e. The van der Waals surface area contributed by atoms with E-state index in [0.717, 1.165) is 17.5 Å². The highest BCUT2D eigenvalue weighted by Crippen LogP contribution is 2.46. The third kappa shape index (κ3) is 4.37. The number of hydrogen-bond acceptors (Lipinski definition) is 5. The summed E-state index contributed by atoms with van der Waals surface area (Å²) in [4.78, 5) is 15.5. The van der Waals surface area contributed by atoms with Crippen molar-refractivity contribution in [2.24, 2.45) is 0 Å². The fraction of sp³-hybridized carbons (Fsp3) is 0.370. The van der Waals surface area contributed by atoms with E-state index in [1.807, 2.05) is 47.8 Å². The van der Waals surface area contributed by atoms with Crippen LogP contribution in [0.3, 0.4) is 0 Å². The van der Waals surface area contributed by atoms with Gasteiger partial charge in [0, 0.05) is 36.7 Å². The lowest BCUT2D eigenvalue weighted by molar-refractivity contribution is -0.139. The average molecular weight is 500 g/mol. The van der Waals surface area contributed by atoms with Crippen LogP contribution in [0.15, 0.2) is 54.7 Å². The lowest BCUT2D eigenvalue weighted by atomic mass is 9.83. The van der Waals surface area contributed by atoms with Gasteiger partial charge in [0.15, 0.2) is 11.4 Å². The van der Waals surface area contributed by atoms with Crippen molar-refractivity contribution in [3.8, 4) is 17.2 Å². The third-order valence-corrected chi connectivity index (χ3v) is 6.75. The standard InChI is InChI=1S/C27H28F3N3O3/c1-32(2)15-16-35-22-8-7-18(17-20(22)27(28,29)30)24(34)19-9-14-33-21-5-3-4-6-23(21)36-26(25(19)33)10-12-31-13-11-26/h3-9,14,17,31H,10-13,15-16H2,1-2H3. The highest BCUT2D eigenvalue weighted by molar-refractivity contribution is 6.10. The monoisotopic (exact) mass is 499 g/mol. The molecule has 1 aromatic heterocycles. The number of likely N-dealkylation sites (N-methyl/N-ethyl adjacent to an activating group) is 1. The number of ketones is 1. The molecule has 6 nitrogen and oxygen atoms in total. The lowest BCUT2D eigenvalue weighted by Crippen LogP contribution is -2.47. The molecule has 2 aliphatic rings. The number of alkyl halides is 3. The first-order valence-electron chi connectivity index (χ1n) is 11.9. The molecule has 1 fully saturated rings. The van der Waals surface area contributed by atoms with Gasteiger partial charge in [0.2, 0.25) is 0 Å². The van der Waals surface area contributed by atoms with E-state index in [-0.39, 0.29) is 17.9 Å². The Hall–Kier alpha value is -3.30. The summed E-state index contributed by atoms with van der Waals surface area (Å²) >= 11 is 0. The normalized spacial score (nSPS) is 16.4. The molecule has 1 N–H and O–H groups in total. The van der Waals surface area contributed by atoms with E-state index < -0.39 is 23.1 Å². The predicted octanol–water partition coefficient (Wildman–Crippen LogP) is 4.64. The summed E-state index contributed by atoms with van der Waals surface area (Å²) in [6.45, 7) is 1.98. The van der Waals surface area contributed by atoms with Crippen molar-refractivity contribution >= 4 is 5.78 Å². The number of halogens is 3. The Bertz CT molecular complexity index is 1280. The second-order valence-electron chi connectivity index (χ2n) is 9.45. The van der Waals surface area contributed by atoms with Gasteiger partial charge >= 0.3 is 6.18 Å². The predicted molar refractivity (Wildman–Crippen MR) is 129 cm³/mol. The highest BCUT2D eigenvalue weighted by atomic mass is 19.4. The van der Waals surface area contributed by atoms with Crippen LogP contribution >= 0.6 is 0 Å². The molecule has 0 unspecified atom stereocenters. The molecule has 2 aliphatic heterocycles. The molecule has 0 atom stereocenters. The number of piperidine rings is 1. The molecular weight excluding hydrogens is 471 g/mol. The first-order chi connectivity index (χ1) is 17.2. The highest BCUT2D eigenvalue weighted by Gasteiger charge is 2.45. The Kier molecular flexibility index (Phi) is 6.30. The minimum atomic E-state index is -4.66. The average Bonchev–Trinajstić information content (AvgIpc) is 3.30. The molecule has 9 heteroatoms. The number of para-hydroxylation sites is 2. The maximum absolute atomic E-state index is 13.9. The molecule has 5 rings (SSSR count). The van der Waals surface area contributed by atoms with Crippen LogP contribution in [-0.2, 0) is 11.8 Å². The van der Waals surface area contributed by atoms with E-state index in [4.69, 9.17) is 9.47 Å². The van der Waals surface area contributed by atoms with Crippen molar-refractivity contribution in [3.05, 3.63) is 77.1 Å². The van der Waals surface area contributed by atoms with Gasteiger partial charge in [-0.25, -0.2) is 0 Å². The first-order valence-corrected chi connectivity index (χ1v) is 11.9. The number of benzene rings is 2. The topological polar surface area (TPSA) is 55.7 Å². The Labute approximate surface area is 207 Å². The SMILES string of the molecule is CN(C)CCOc1ccc(C(=O)c2ccn3c2C2(CCNCC2)Oc2ccccc2-3)cc1C(F)(F)F. The number of nitrogens with one attached hydrogen (secondary N) is 1. The molecular formula is C27H28F3N3O3. The second-order valence-corrected chi connectivity index (χ2v) is 9.45. The van der Waals surface area contributed by atoms with Crippen LogP contribution in [0.2, 0.25) is 0 Å². The number of carbonyl (C=O) groups excluding carboxylic acids is 1. The summed E-state index contributed by atoms with van der Waals surface area (Å²) < 4.78 is 55.6. The Morgan fingerprint density at radius 1 is 1.14 bits per heavy atom. The molecule has 0 radical (unpaired) electrons. The van der Waals surface area contributed by atoms with Gasteiger partial charge in [0.25, 0.3) is 0 Å². The summed E-state index contributed by atoms with van der Waals surface area (Å²) in [5.74, 6) is -0.0399. The van der Waals surface area contributed by atoms with Crippen LogP contribution in [0, 0.1) is 0 Å². The fourth-order valence-electron chi connectivity index (χ4n) is 4.96. The zero-order chi connectivity index (χ0) is 25.5. The van der Waals surface area contributed by atoms with E-state index >= 15 is 0 Å². The molecule has 3 aromatic rings. The minimum absolute atomic E-state index is 0.0424. The number of aromatic nitrogens is 1. The van der Waals surface area contributed by atoms with Crippen molar-refractivity contribution < 1.29 is 27.4 Å². The van der Waals surface area contributed by atoms with E-state index in [1.54, 1.807) is 12.3 Å². The molecule has 36 heavy (non-hydrogen) atoms. The zero-order valence-electron chi connectivity index (χ0n) is 20.2. The molecule has 0 aliphatic carbocycles. The lowest BCUT2D eigenvalue weighted by Gasteiger charge is -2.43. The van der Waals surface area contributed by atoms with Crippen molar-refractivity contribution in [3.63, 3.8) is 0 Å². The van der Waals surface area contributed by atoms with Gasteiger partial charge in [0.05, 0.1) is 16.9 Å².